The van der Waals surface area contributed by atoms with E-state index in [0.717, 1.165) is 12.0 Å². The molecule has 1 fully saturated rings. The number of likely N-dealkylation sites (tertiary alicyclic amines) is 1. The van der Waals surface area contributed by atoms with Crippen molar-refractivity contribution in [1.29, 1.82) is 0 Å². The van der Waals surface area contributed by atoms with Crippen LogP contribution in [0.2, 0.25) is 0 Å². The Morgan fingerprint density at radius 2 is 1.95 bits per heavy atom. The van der Waals surface area contributed by atoms with E-state index < -0.39 is 18.0 Å². The molecule has 5 nitrogen and oxygen atoms in total. The third-order valence-corrected chi connectivity index (χ3v) is 4.00. The number of carbonyl (C=O) groups is 2. The molecular formula is C17H23NO4. The first-order chi connectivity index (χ1) is 10.5. The van der Waals surface area contributed by atoms with Crippen molar-refractivity contribution in [2.45, 2.75) is 26.9 Å². The molecule has 1 N–H and O–H groups in total. The fourth-order valence-electron chi connectivity index (χ4n) is 2.96. The number of carboxylic acids is 1. The van der Waals surface area contributed by atoms with Crippen molar-refractivity contribution < 1.29 is 19.4 Å². The molecule has 1 aliphatic rings. The summed E-state index contributed by atoms with van der Waals surface area (Å²) in [5.74, 6) is -0.912. The summed E-state index contributed by atoms with van der Waals surface area (Å²) in [5, 5.41) is 9.33. The van der Waals surface area contributed by atoms with Gasteiger partial charge in [0, 0.05) is 13.1 Å². The molecule has 22 heavy (non-hydrogen) atoms. The van der Waals surface area contributed by atoms with E-state index in [4.69, 9.17) is 4.74 Å². The number of amides is 1. The van der Waals surface area contributed by atoms with Crippen LogP contribution in [0.25, 0.3) is 0 Å². The molecule has 0 aromatic heterocycles. The van der Waals surface area contributed by atoms with E-state index in [0.29, 0.717) is 12.5 Å². The first-order valence-corrected chi connectivity index (χ1v) is 7.65. The second-order valence-corrected chi connectivity index (χ2v) is 6.28. The standard InChI is InChI=1S/C17H23NO4/c1-12(2)8-14-9-18(10-15(14)16(19)20)17(21)22-11-13-6-4-3-5-7-13/h3-7,12,14-15H,8-11H2,1-2H3,(H,19,20)/t14-,15-/m1/s1. The van der Waals surface area contributed by atoms with Crippen molar-refractivity contribution in [2.75, 3.05) is 13.1 Å². The molecule has 1 aromatic rings. The highest BCUT2D eigenvalue weighted by Gasteiger charge is 2.40. The minimum Gasteiger partial charge on any atom is -0.481 e. The van der Waals surface area contributed by atoms with Gasteiger partial charge in [0.05, 0.1) is 5.92 Å². The van der Waals surface area contributed by atoms with Crippen molar-refractivity contribution in [2.24, 2.45) is 17.8 Å². The summed E-state index contributed by atoms with van der Waals surface area (Å²) in [6.45, 7) is 5.04. The van der Waals surface area contributed by atoms with Crippen LogP contribution >= 0.6 is 0 Å². The van der Waals surface area contributed by atoms with E-state index in [1.807, 2.05) is 30.3 Å². The molecule has 0 bridgehead atoms. The molecule has 0 saturated carbocycles. The van der Waals surface area contributed by atoms with Crippen LogP contribution in [0.5, 0.6) is 0 Å². The lowest BCUT2D eigenvalue weighted by molar-refractivity contribution is -0.142. The molecular weight excluding hydrogens is 282 g/mol. The molecule has 1 heterocycles. The van der Waals surface area contributed by atoms with Gasteiger partial charge >= 0.3 is 12.1 Å². The zero-order valence-electron chi connectivity index (χ0n) is 13.1. The van der Waals surface area contributed by atoms with Crippen LogP contribution < -0.4 is 0 Å². The molecule has 1 aliphatic heterocycles. The van der Waals surface area contributed by atoms with Crippen LogP contribution in [0.15, 0.2) is 30.3 Å². The van der Waals surface area contributed by atoms with Gasteiger partial charge in [-0.25, -0.2) is 4.79 Å². The Kier molecular flexibility index (Phi) is 5.41. The van der Waals surface area contributed by atoms with Gasteiger partial charge in [0.2, 0.25) is 0 Å². The van der Waals surface area contributed by atoms with Crippen molar-refractivity contribution in [3.63, 3.8) is 0 Å². The van der Waals surface area contributed by atoms with Crippen LogP contribution in [-0.2, 0) is 16.1 Å². The summed E-state index contributed by atoms with van der Waals surface area (Å²) in [4.78, 5) is 25.0. The van der Waals surface area contributed by atoms with Gasteiger partial charge in [-0.3, -0.25) is 4.79 Å². The van der Waals surface area contributed by atoms with Crippen LogP contribution in [0.3, 0.4) is 0 Å². The number of hydrogen-bond donors (Lipinski definition) is 1. The lowest BCUT2D eigenvalue weighted by Gasteiger charge is -2.17. The number of nitrogens with zero attached hydrogens (tertiary/aromatic N) is 1. The number of hydrogen-bond acceptors (Lipinski definition) is 3. The quantitative estimate of drug-likeness (QED) is 0.908. The van der Waals surface area contributed by atoms with Gasteiger partial charge in [-0.15, -0.1) is 0 Å². The van der Waals surface area contributed by atoms with Gasteiger partial charge < -0.3 is 14.7 Å². The van der Waals surface area contributed by atoms with Crippen molar-refractivity contribution >= 4 is 12.1 Å². The van der Waals surface area contributed by atoms with Crippen LogP contribution in [0, 0.1) is 17.8 Å². The highest BCUT2D eigenvalue weighted by atomic mass is 16.6. The number of carboxylic acid groups (broad SMARTS) is 1. The third-order valence-electron chi connectivity index (χ3n) is 4.00. The Morgan fingerprint density at radius 1 is 1.27 bits per heavy atom. The number of aliphatic carboxylic acids is 1. The number of carbonyl (C=O) groups excluding carboxylic acids is 1. The summed E-state index contributed by atoms with van der Waals surface area (Å²) in [7, 11) is 0. The van der Waals surface area contributed by atoms with Gasteiger partial charge in [0.1, 0.15) is 6.61 Å². The Labute approximate surface area is 130 Å². The molecule has 0 spiro atoms. The molecule has 0 unspecified atom stereocenters. The lowest BCUT2D eigenvalue weighted by Crippen LogP contribution is -2.30. The summed E-state index contributed by atoms with van der Waals surface area (Å²) in [5.41, 5.74) is 0.920. The van der Waals surface area contributed by atoms with E-state index in [-0.39, 0.29) is 19.1 Å². The zero-order chi connectivity index (χ0) is 16.1. The number of benzene rings is 1. The first-order valence-electron chi connectivity index (χ1n) is 7.65. The lowest BCUT2D eigenvalue weighted by atomic mass is 9.88. The Hall–Kier alpha value is -2.04. The second-order valence-electron chi connectivity index (χ2n) is 6.28. The van der Waals surface area contributed by atoms with E-state index >= 15 is 0 Å². The first kappa shape index (κ1) is 16.3. The molecule has 2 rings (SSSR count). The summed E-state index contributed by atoms with van der Waals surface area (Å²) >= 11 is 0. The minimum atomic E-state index is -0.830. The molecule has 1 saturated heterocycles. The highest BCUT2D eigenvalue weighted by Crippen LogP contribution is 2.29. The predicted octanol–water partition coefficient (Wildman–Crippen LogP) is 3.00. The third kappa shape index (κ3) is 4.23. The molecule has 1 amide bonds. The fraction of sp³-hybridized carbons (Fsp3) is 0.529. The maximum absolute atomic E-state index is 12.1. The van der Waals surface area contributed by atoms with Gasteiger partial charge in [0.25, 0.3) is 0 Å². The van der Waals surface area contributed by atoms with E-state index in [1.54, 1.807) is 0 Å². The zero-order valence-corrected chi connectivity index (χ0v) is 13.1. The van der Waals surface area contributed by atoms with Crippen LogP contribution in [-0.4, -0.2) is 35.2 Å². The minimum absolute atomic E-state index is 0.00164. The van der Waals surface area contributed by atoms with Gasteiger partial charge in [-0.2, -0.15) is 0 Å². The molecule has 120 valence electrons. The normalized spacial score (nSPS) is 21.1. The van der Waals surface area contributed by atoms with Crippen LogP contribution in [0.1, 0.15) is 25.8 Å². The molecule has 5 heteroatoms. The summed E-state index contributed by atoms with van der Waals surface area (Å²) in [6.07, 6.45) is 0.376. The smallest absolute Gasteiger partial charge is 0.410 e. The SMILES string of the molecule is CC(C)C[C@@H]1CN(C(=O)OCc2ccccc2)C[C@H]1C(=O)O. The van der Waals surface area contributed by atoms with E-state index in [2.05, 4.69) is 13.8 Å². The molecule has 0 radical (unpaired) electrons. The average molecular weight is 305 g/mol. The van der Waals surface area contributed by atoms with Crippen molar-refractivity contribution in [1.82, 2.24) is 4.90 Å². The van der Waals surface area contributed by atoms with Gasteiger partial charge in [-0.05, 0) is 23.8 Å². The van der Waals surface area contributed by atoms with Crippen LogP contribution in [0.4, 0.5) is 4.79 Å². The van der Waals surface area contributed by atoms with Gasteiger partial charge in [-0.1, -0.05) is 44.2 Å². The average Bonchev–Trinajstić information content (AvgIpc) is 2.89. The molecule has 1 aromatic carbocycles. The largest absolute Gasteiger partial charge is 0.481 e. The number of ether oxygens (including phenoxy) is 1. The van der Waals surface area contributed by atoms with E-state index in [9.17, 15) is 14.7 Å². The highest BCUT2D eigenvalue weighted by molar-refractivity contribution is 5.74. The summed E-state index contributed by atoms with van der Waals surface area (Å²) in [6, 6.07) is 9.45. The van der Waals surface area contributed by atoms with Gasteiger partial charge in [0.15, 0.2) is 0 Å². The molecule has 0 aliphatic carbocycles. The predicted molar refractivity (Wildman–Crippen MR) is 82.3 cm³/mol. The molecule has 2 atom stereocenters. The number of rotatable bonds is 5. The fourth-order valence-corrected chi connectivity index (χ4v) is 2.96. The summed E-state index contributed by atoms with van der Waals surface area (Å²) < 4.78 is 5.29. The Bertz CT molecular complexity index is 515. The van der Waals surface area contributed by atoms with Crippen molar-refractivity contribution in [3.05, 3.63) is 35.9 Å². The Morgan fingerprint density at radius 3 is 2.55 bits per heavy atom. The Balaban J connectivity index is 1.91. The van der Waals surface area contributed by atoms with Crippen molar-refractivity contribution in [3.8, 4) is 0 Å². The topological polar surface area (TPSA) is 66.8 Å². The second kappa shape index (κ2) is 7.29. The van der Waals surface area contributed by atoms with E-state index in [1.165, 1.54) is 4.90 Å². The maximum atomic E-state index is 12.1. The monoisotopic (exact) mass is 305 g/mol. The maximum Gasteiger partial charge on any atom is 0.410 e.